The average Bonchev–Trinajstić information content (AvgIpc) is 2.68. The Morgan fingerprint density at radius 2 is 1.35 bits per heavy atom. The number of amides is 1. The van der Waals surface area contributed by atoms with Crippen molar-refractivity contribution in [1.82, 2.24) is 0 Å². The highest BCUT2D eigenvalue weighted by Crippen LogP contribution is 2.36. The molecule has 140 valence electrons. The van der Waals surface area contributed by atoms with Crippen molar-refractivity contribution in [1.29, 1.82) is 0 Å². The Morgan fingerprint density at radius 3 is 1.69 bits per heavy atom. The quantitative estimate of drug-likeness (QED) is 0.662. The molecule has 0 aromatic heterocycles. The zero-order valence-corrected chi connectivity index (χ0v) is 15.6. The van der Waals surface area contributed by atoms with Crippen molar-refractivity contribution < 1.29 is 19.0 Å². The lowest BCUT2D eigenvalue weighted by Gasteiger charge is -2.26. The number of carbonyl (C=O) groups excluding carboxylic acids is 1. The minimum atomic E-state index is -0.327. The fourth-order valence-electron chi connectivity index (χ4n) is 3.20. The smallest absolute Gasteiger partial charge is 0.221 e. The van der Waals surface area contributed by atoms with Gasteiger partial charge in [0.2, 0.25) is 5.91 Å². The number of nitrogens with two attached hydrogens (primary N) is 1. The molecule has 0 aliphatic carbocycles. The molecule has 2 aromatic rings. The van der Waals surface area contributed by atoms with Crippen LogP contribution in [0.4, 0.5) is 0 Å². The monoisotopic (exact) mass is 357 g/mol. The molecule has 5 nitrogen and oxygen atoms in total. The van der Waals surface area contributed by atoms with E-state index in [-0.39, 0.29) is 17.7 Å². The van der Waals surface area contributed by atoms with E-state index in [2.05, 4.69) is 0 Å². The predicted octanol–water partition coefficient (Wildman–Crippen LogP) is 3.36. The summed E-state index contributed by atoms with van der Waals surface area (Å²) < 4.78 is 15.6. The highest BCUT2D eigenvalue weighted by molar-refractivity contribution is 5.78. The van der Waals surface area contributed by atoms with Gasteiger partial charge in [0.15, 0.2) is 0 Å². The van der Waals surface area contributed by atoms with Crippen LogP contribution >= 0.6 is 0 Å². The van der Waals surface area contributed by atoms with Gasteiger partial charge in [0.05, 0.1) is 14.2 Å². The zero-order valence-electron chi connectivity index (χ0n) is 15.6. The first-order valence-electron chi connectivity index (χ1n) is 8.66. The first-order chi connectivity index (χ1) is 12.6. The molecule has 5 heteroatoms. The van der Waals surface area contributed by atoms with Crippen LogP contribution in [0.5, 0.6) is 11.5 Å². The summed E-state index contributed by atoms with van der Waals surface area (Å²) in [5.41, 5.74) is 7.83. The molecular weight excluding hydrogens is 330 g/mol. The van der Waals surface area contributed by atoms with E-state index in [4.69, 9.17) is 19.9 Å². The number of hydrogen-bond donors (Lipinski definition) is 1. The first-order valence-corrected chi connectivity index (χ1v) is 8.66. The second-order valence-corrected chi connectivity index (χ2v) is 6.17. The van der Waals surface area contributed by atoms with Gasteiger partial charge in [0, 0.05) is 25.6 Å². The molecule has 0 radical (unpaired) electrons. The SMILES string of the molecule is COCCCC(C(N)=O)C(c1ccc(OC)cc1)c1ccc(OC)cc1. The number of hydrogen-bond acceptors (Lipinski definition) is 4. The normalized spacial score (nSPS) is 12.0. The molecule has 0 fully saturated rings. The van der Waals surface area contributed by atoms with Crippen molar-refractivity contribution in [2.24, 2.45) is 11.7 Å². The third kappa shape index (κ3) is 4.99. The van der Waals surface area contributed by atoms with Gasteiger partial charge < -0.3 is 19.9 Å². The van der Waals surface area contributed by atoms with E-state index in [1.807, 2.05) is 48.5 Å². The first kappa shape index (κ1) is 19.8. The summed E-state index contributed by atoms with van der Waals surface area (Å²) in [4.78, 5) is 12.3. The van der Waals surface area contributed by atoms with Gasteiger partial charge in [-0.1, -0.05) is 24.3 Å². The van der Waals surface area contributed by atoms with E-state index in [9.17, 15) is 4.79 Å². The van der Waals surface area contributed by atoms with Gasteiger partial charge in [-0.2, -0.15) is 0 Å². The topological polar surface area (TPSA) is 70.8 Å². The second kappa shape index (κ2) is 9.82. The van der Waals surface area contributed by atoms with Crippen LogP contribution in [0.15, 0.2) is 48.5 Å². The van der Waals surface area contributed by atoms with Crippen LogP contribution in [0.2, 0.25) is 0 Å². The lowest BCUT2D eigenvalue weighted by Crippen LogP contribution is -2.30. The second-order valence-electron chi connectivity index (χ2n) is 6.17. The third-order valence-electron chi connectivity index (χ3n) is 4.58. The maximum absolute atomic E-state index is 12.3. The van der Waals surface area contributed by atoms with Crippen molar-refractivity contribution in [3.8, 4) is 11.5 Å². The fraction of sp³-hybridized carbons (Fsp3) is 0.381. The summed E-state index contributed by atoms with van der Waals surface area (Å²) in [5, 5.41) is 0. The molecule has 2 rings (SSSR count). The summed E-state index contributed by atoms with van der Waals surface area (Å²) in [7, 11) is 4.92. The zero-order chi connectivity index (χ0) is 18.9. The van der Waals surface area contributed by atoms with Gasteiger partial charge in [-0.05, 0) is 48.2 Å². The molecule has 0 bridgehead atoms. The van der Waals surface area contributed by atoms with Crippen molar-refractivity contribution in [2.75, 3.05) is 27.9 Å². The van der Waals surface area contributed by atoms with Crippen LogP contribution in [0.1, 0.15) is 29.9 Å². The molecule has 1 amide bonds. The molecule has 0 saturated carbocycles. The summed E-state index contributed by atoms with van der Waals surface area (Å²) in [5.74, 6) is 0.778. The number of rotatable bonds is 10. The number of benzene rings is 2. The molecule has 1 atom stereocenters. The van der Waals surface area contributed by atoms with Crippen LogP contribution in [0, 0.1) is 5.92 Å². The molecular formula is C21H27NO4. The Hall–Kier alpha value is -2.53. The Bertz CT molecular complexity index is 635. The Morgan fingerprint density at radius 1 is 0.885 bits per heavy atom. The molecule has 0 spiro atoms. The molecule has 0 heterocycles. The standard InChI is InChI=1S/C21H27NO4/c1-24-14-4-5-19(21(22)23)20(15-6-10-17(25-2)11-7-15)16-8-12-18(26-3)13-9-16/h6-13,19-20H,4-5,14H2,1-3H3,(H2,22,23). The van der Waals surface area contributed by atoms with Crippen molar-refractivity contribution >= 4 is 5.91 Å². The minimum absolute atomic E-state index is 0.138. The van der Waals surface area contributed by atoms with E-state index in [0.29, 0.717) is 13.0 Å². The van der Waals surface area contributed by atoms with Crippen LogP contribution < -0.4 is 15.2 Å². The van der Waals surface area contributed by atoms with Crippen molar-refractivity contribution in [2.45, 2.75) is 18.8 Å². The van der Waals surface area contributed by atoms with Crippen molar-refractivity contribution in [3.05, 3.63) is 59.7 Å². The van der Waals surface area contributed by atoms with E-state index in [1.165, 1.54) is 0 Å². The van der Waals surface area contributed by atoms with Crippen molar-refractivity contribution in [3.63, 3.8) is 0 Å². The average molecular weight is 357 g/mol. The Kier molecular flexibility index (Phi) is 7.48. The summed E-state index contributed by atoms with van der Waals surface area (Å²) in [6.07, 6.45) is 1.43. The third-order valence-corrected chi connectivity index (χ3v) is 4.58. The summed E-state index contributed by atoms with van der Waals surface area (Å²) in [6, 6.07) is 15.6. The van der Waals surface area contributed by atoms with Crippen LogP contribution in [0.25, 0.3) is 0 Å². The van der Waals surface area contributed by atoms with Crippen LogP contribution in [-0.2, 0) is 9.53 Å². The largest absolute Gasteiger partial charge is 0.497 e. The Balaban J connectivity index is 2.41. The van der Waals surface area contributed by atoms with E-state index >= 15 is 0 Å². The van der Waals surface area contributed by atoms with Gasteiger partial charge in [-0.15, -0.1) is 0 Å². The summed E-state index contributed by atoms with van der Waals surface area (Å²) >= 11 is 0. The Labute approximate surface area is 155 Å². The highest BCUT2D eigenvalue weighted by atomic mass is 16.5. The summed E-state index contributed by atoms with van der Waals surface area (Å²) in [6.45, 7) is 0.599. The lowest BCUT2D eigenvalue weighted by atomic mass is 9.78. The molecule has 0 aliphatic heterocycles. The number of primary amides is 1. The molecule has 1 unspecified atom stereocenters. The highest BCUT2D eigenvalue weighted by Gasteiger charge is 2.29. The number of methoxy groups -OCH3 is 3. The number of carbonyl (C=O) groups is 1. The van der Waals surface area contributed by atoms with Gasteiger partial charge in [0.25, 0.3) is 0 Å². The number of ether oxygens (including phenoxy) is 3. The molecule has 26 heavy (non-hydrogen) atoms. The van der Waals surface area contributed by atoms with Gasteiger partial charge in [-0.25, -0.2) is 0 Å². The molecule has 2 N–H and O–H groups in total. The molecule has 0 aliphatic rings. The van der Waals surface area contributed by atoms with Gasteiger partial charge in [-0.3, -0.25) is 4.79 Å². The van der Waals surface area contributed by atoms with Crippen LogP contribution in [-0.4, -0.2) is 33.8 Å². The van der Waals surface area contributed by atoms with Gasteiger partial charge in [0.1, 0.15) is 11.5 Å². The van der Waals surface area contributed by atoms with E-state index < -0.39 is 0 Å². The van der Waals surface area contributed by atoms with Crippen LogP contribution in [0.3, 0.4) is 0 Å². The predicted molar refractivity (Wildman–Crippen MR) is 102 cm³/mol. The van der Waals surface area contributed by atoms with E-state index in [0.717, 1.165) is 29.0 Å². The van der Waals surface area contributed by atoms with E-state index in [1.54, 1.807) is 21.3 Å². The molecule has 0 saturated heterocycles. The molecule has 2 aromatic carbocycles. The fourth-order valence-corrected chi connectivity index (χ4v) is 3.20. The maximum Gasteiger partial charge on any atom is 0.221 e. The maximum atomic E-state index is 12.3. The van der Waals surface area contributed by atoms with Gasteiger partial charge >= 0.3 is 0 Å². The minimum Gasteiger partial charge on any atom is -0.497 e. The lowest BCUT2D eigenvalue weighted by molar-refractivity contribution is -0.122.